The summed E-state index contributed by atoms with van der Waals surface area (Å²) >= 11 is 1.81. The molecule has 3 nitrogen and oxygen atoms in total. The highest BCUT2D eigenvalue weighted by molar-refractivity contribution is 7.10. The maximum Gasteiger partial charge on any atom is 0.165 e. The maximum atomic E-state index is 5.44. The minimum absolute atomic E-state index is 0.765. The fraction of sp³-hybridized carbons (Fsp3) is 0.375. The van der Waals surface area contributed by atoms with Crippen molar-refractivity contribution < 1.29 is 9.47 Å². The molecule has 0 unspecified atom stereocenters. The molecular weight excluding hydrogens is 270 g/mol. The second-order valence-corrected chi connectivity index (χ2v) is 5.48. The van der Waals surface area contributed by atoms with E-state index in [1.165, 1.54) is 10.4 Å². The zero-order valence-corrected chi connectivity index (χ0v) is 13.0. The van der Waals surface area contributed by atoms with Crippen LogP contribution in [-0.4, -0.2) is 14.2 Å². The number of hydrogen-bond donors (Lipinski definition) is 1. The Labute approximate surface area is 124 Å². The lowest BCUT2D eigenvalue weighted by molar-refractivity contribution is 0.350. The van der Waals surface area contributed by atoms with E-state index in [0.717, 1.165) is 36.6 Å². The van der Waals surface area contributed by atoms with Gasteiger partial charge in [-0.1, -0.05) is 19.1 Å². The van der Waals surface area contributed by atoms with Crippen molar-refractivity contribution in [1.82, 2.24) is 5.32 Å². The van der Waals surface area contributed by atoms with Crippen LogP contribution in [0.15, 0.2) is 29.6 Å². The van der Waals surface area contributed by atoms with Gasteiger partial charge in [-0.2, -0.15) is 0 Å². The van der Waals surface area contributed by atoms with E-state index in [2.05, 4.69) is 29.8 Å². The Balaban J connectivity index is 2.01. The Bertz CT molecular complexity index is 551. The van der Waals surface area contributed by atoms with E-state index in [1.54, 1.807) is 14.2 Å². The van der Waals surface area contributed by atoms with Gasteiger partial charge in [-0.3, -0.25) is 0 Å². The van der Waals surface area contributed by atoms with Crippen LogP contribution in [0, 0.1) is 0 Å². The summed E-state index contributed by atoms with van der Waals surface area (Å²) in [4.78, 5) is 1.41. The molecule has 1 N–H and O–H groups in total. The molecule has 0 atom stereocenters. The largest absolute Gasteiger partial charge is 0.493 e. The van der Waals surface area contributed by atoms with Crippen LogP contribution in [0.25, 0.3) is 0 Å². The van der Waals surface area contributed by atoms with Gasteiger partial charge in [0.05, 0.1) is 14.2 Å². The van der Waals surface area contributed by atoms with E-state index in [4.69, 9.17) is 9.47 Å². The molecule has 4 heteroatoms. The number of hydrogen-bond acceptors (Lipinski definition) is 4. The fourth-order valence-corrected chi connectivity index (χ4v) is 3.19. The third-order valence-corrected chi connectivity index (χ3v) is 4.27. The zero-order chi connectivity index (χ0) is 14.4. The molecule has 0 saturated heterocycles. The molecule has 1 aromatic heterocycles. The molecule has 0 aliphatic heterocycles. The van der Waals surface area contributed by atoms with Crippen molar-refractivity contribution in [3.8, 4) is 11.5 Å². The normalized spacial score (nSPS) is 10.6. The van der Waals surface area contributed by atoms with Crippen LogP contribution in [-0.2, 0) is 19.5 Å². The highest BCUT2D eigenvalue weighted by atomic mass is 32.1. The highest BCUT2D eigenvalue weighted by Crippen LogP contribution is 2.30. The van der Waals surface area contributed by atoms with E-state index >= 15 is 0 Å². The molecule has 20 heavy (non-hydrogen) atoms. The molecule has 1 aromatic carbocycles. The molecule has 0 aliphatic rings. The number of nitrogens with one attached hydrogen (secondary N) is 1. The number of ether oxygens (including phenoxy) is 2. The van der Waals surface area contributed by atoms with Crippen molar-refractivity contribution in [2.45, 2.75) is 26.4 Å². The van der Waals surface area contributed by atoms with Crippen molar-refractivity contribution >= 4 is 11.3 Å². The molecule has 2 aromatic rings. The van der Waals surface area contributed by atoms with Crippen LogP contribution in [0.4, 0.5) is 0 Å². The van der Waals surface area contributed by atoms with Crippen molar-refractivity contribution in [3.05, 3.63) is 45.6 Å². The zero-order valence-electron chi connectivity index (χ0n) is 12.2. The molecule has 0 bridgehead atoms. The Morgan fingerprint density at radius 2 is 1.90 bits per heavy atom. The first kappa shape index (κ1) is 14.9. The molecule has 0 fully saturated rings. The molecule has 0 saturated carbocycles. The van der Waals surface area contributed by atoms with Gasteiger partial charge in [0, 0.05) is 23.5 Å². The van der Waals surface area contributed by atoms with Crippen molar-refractivity contribution in [2.24, 2.45) is 0 Å². The lowest BCUT2D eigenvalue weighted by Gasteiger charge is -2.13. The Hall–Kier alpha value is -1.52. The lowest BCUT2D eigenvalue weighted by Crippen LogP contribution is -2.13. The highest BCUT2D eigenvalue weighted by Gasteiger charge is 2.09. The summed E-state index contributed by atoms with van der Waals surface area (Å²) in [5, 5.41) is 5.63. The summed E-state index contributed by atoms with van der Waals surface area (Å²) in [6.45, 7) is 3.85. The number of thiophene rings is 1. The third kappa shape index (κ3) is 3.32. The summed E-state index contributed by atoms with van der Waals surface area (Å²) in [5.41, 5.74) is 2.54. The van der Waals surface area contributed by atoms with Crippen LogP contribution in [0.1, 0.15) is 22.9 Å². The number of rotatable bonds is 7. The molecule has 0 radical (unpaired) electrons. The predicted molar refractivity (Wildman–Crippen MR) is 83.8 cm³/mol. The first-order valence-corrected chi connectivity index (χ1v) is 7.64. The standard InChI is InChI=1S/C16H21NO2S/c1-4-12-8-9-20-15(12)11-17-10-13-6-5-7-14(18-2)16(13)19-3/h5-9,17H,4,10-11H2,1-3H3. The SMILES string of the molecule is CCc1ccsc1CNCc1cccc(OC)c1OC. The first-order valence-electron chi connectivity index (χ1n) is 6.76. The quantitative estimate of drug-likeness (QED) is 0.845. The molecule has 0 spiro atoms. The van der Waals surface area contributed by atoms with Crippen molar-refractivity contribution in [2.75, 3.05) is 14.2 Å². The van der Waals surface area contributed by atoms with Gasteiger partial charge in [0.25, 0.3) is 0 Å². The van der Waals surface area contributed by atoms with Crippen LogP contribution < -0.4 is 14.8 Å². The number of benzene rings is 1. The van der Waals surface area contributed by atoms with Gasteiger partial charge in [0.15, 0.2) is 11.5 Å². The first-order chi connectivity index (χ1) is 9.80. The molecule has 108 valence electrons. The smallest absolute Gasteiger partial charge is 0.165 e. The summed E-state index contributed by atoms with van der Waals surface area (Å²) < 4.78 is 10.8. The van der Waals surface area contributed by atoms with Crippen molar-refractivity contribution in [1.29, 1.82) is 0 Å². The molecule has 0 aliphatic carbocycles. The summed E-state index contributed by atoms with van der Waals surface area (Å²) in [6, 6.07) is 8.16. The van der Waals surface area contributed by atoms with E-state index in [0.29, 0.717) is 0 Å². The Morgan fingerprint density at radius 3 is 2.60 bits per heavy atom. The minimum atomic E-state index is 0.765. The monoisotopic (exact) mass is 291 g/mol. The van der Waals surface area contributed by atoms with Gasteiger partial charge in [-0.15, -0.1) is 11.3 Å². The molecule has 0 amide bonds. The van der Waals surface area contributed by atoms with Crippen LogP contribution in [0.5, 0.6) is 11.5 Å². The van der Waals surface area contributed by atoms with Gasteiger partial charge in [0.2, 0.25) is 0 Å². The van der Waals surface area contributed by atoms with Crippen LogP contribution in [0.3, 0.4) is 0 Å². The van der Waals surface area contributed by atoms with E-state index in [-0.39, 0.29) is 0 Å². The Kier molecular flexibility index (Phi) is 5.44. The summed E-state index contributed by atoms with van der Waals surface area (Å²) in [6.07, 6.45) is 1.09. The van der Waals surface area contributed by atoms with Gasteiger partial charge in [-0.05, 0) is 29.5 Å². The van der Waals surface area contributed by atoms with E-state index in [1.807, 2.05) is 23.5 Å². The van der Waals surface area contributed by atoms with Gasteiger partial charge in [-0.25, -0.2) is 0 Å². The van der Waals surface area contributed by atoms with Crippen LogP contribution in [0.2, 0.25) is 0 Å². The van der Waals surface area contributed by atoms with Crippen molar-refractivity contribution in [3.63, 3.8) is 0 Å². The minimum Gasteiger partial charge on any atom is -0.493 e. The average Bonchev–Trinajstić information content (AvgIpc) is 2.94. The van der Waals surface area contributed by atoms with Gasteiger partial charge < -0.3 is 14.8 Å². The van der Waals surface area contributed by atoms with Gasteiger partial charge in [0.1, 0.15) is 0 Å². The number of aryl methyl sites for hydroxylation is 1. The summed E-state index contributed by atoms with van der Waals surface area (Å²) in [7, 11) is 3.34. The predicted octanol–water partition coefficient (Wildman–Crippen LogP) is 3.62. The third-order valence-electron chi connectivity index (χ3n) is 3.30. The topological polar surface area (TPSA) is 30.5 Å². The van der Waals surface area contributed by atoms with E-state index < -0.39 is 0 Å². The fourth-order valence-electron chi connectivity index (χ4n) is 2.24. The van der Waals surface area contributed by atoms with E-state index in [9.17, 15) is 0 Å². The number of methoxy groups -OCH3 is 2. The second-order valence-electron chi connectivity index (χ2n) is 4.48. The van der Waals surface area contributed by atoms with Crippen LogP contribution >= 0.6 is 11.3 Å². The molecule has 1 heterocycles. The average molecular weight is 291 g/mol. The summed E-state index contributed by atoms with van der Waals surface area (Å²) in [5.74, 6) is 1.58. The number of para-hydroxylation sites is 1. The van der Waals surface area contributed by atoms with Gasteiger partial charge >= 0.3 is 0 Å². The second kappa shape index (κ2) is 7.31. The molecule has 2 rings (SSSR count). The maximum absolute atomic E-state index is 5.44. The molecular formula is C16H21NO2S. The Morgan fingerprint density at radius 1 is 1.05 bits per heavy atom. The lowest BCUT2D eigenvalue weighted by atomic mass is 10.1.